The summed E-state index contributed by atoms with van der Waals surface area (Å²) in [6, 6.07) is 93.1. The molecule has 0 saturated heterocycles. The third-order valence-electron chi connectivity index (χ3n) is 13.2. The molecule has 0 spiro atoms. The first-order valence-electron chi connectivity index (χ1n) is 28.9. The van der Waals surface area contributed by atoms with Crippen molar-refractivity contribution < 1.29 is 27.2 Å². The molecule has 4 heterocycles. The Bertz CT molecular complexity index is 4560. The van der Waals surface area contributed by atoms with Crippen molar-refractivity contribution in [2.75, 3.05) is 11.1 Å². The summed E-state index contributed by atoms with van der Waals surface area (Å²) < 4.78 is 0. The summed E-state index contributed by atoms with van der Waals surface area (Å²) in [5.74, 6) is 4.42. The summed E-state index contributed by atoms with van der Waals surface area (Å²) in [4.78, 5) is 50.0. The summed E-state index contributed by atoms with van der Waals surface area (Å²) in [5.41, 5.74) is 12.7. The number of halogens is 6. The Morgan fingerprint density at radius 1 is 0.299 bits per heavy atom. The first-order valence-corrected chi connectivity index (χ1v) is 30.8. The largest absolute Gasteiger partial charge is 2.00 e. The van der Waals surface area contributed by atoms with Gasteiger partial charge < -0.3 is 38.2 Å². The van der Waals surface area contributed by atoms with Gasteiger partial charge in [-0.1, -0.05) is 218 Å². The second-order valence-electron chi connectivity index (χ2n) is 19.8. The molecular weight excluding hydrogens is 1400 g/mol. The van der Waals surface area contributed by atoms with Crippen LogP contribution in [0.5, 0.6) is 11.5 Å². The molecule has 0 aliphatic carbocycles. The van der Waals surface area contributed by atoms with Crippen LogP contribution in [0.15, 0.2) is 285 Å². The molecule has 16 nitrogen and oxygen atoms in total. The summed E-state index contributed by atoms with van der Waals surface area (Å²) in [5, 5.41) is 26.7. The van der Waals surface area contributed by atoms with Crippen molar-refractivity contribution in [3.8, 4) is 79.8 Å². The van der Waals surface area contributed by atoms with E-state index in [9.17, 15) is 10.2 Å². The maximum atomic E-state index is 9.94. The minimum atomic E-state index is 0. The number of nitrogens with one attached hydrogen (secondary N) is 1. The van der Waals surface area contributed by atoms with Crippen LogP contribution >= 0.6 is 58.0 Å². The number of nitrogens with two attached hydrogens (primary N) is 1. The van der Waals surface area contributed by atoms with Crippen molar-refractivity contribution in [2.45, 2.75) is 0 Å². The Balaban J connectivity index is 0.000000158. The fourth-order valence-electron chi connectivity index (χ4n) is 8.85. The Morgan fingerprint density at radius 3 is 0.907 bits per heavy atom. The maximum absolute atomic E-state index is 9.94. The van der Waals surface area contributed by atoms with Gasteiger partial charge in [-0.15, -0.1) is 0 Å². The summed E-state index contributed by atoms with van der Waals surface area (Å²) in [7, 11) is 0. The third-order valence-corrected chi connectivity index (χ3v) is 14.1. The van der Waals surface area contributed by atoms with Crippen LogP contribution in [0.3, 0.4) is 0 Å². The first-order chi connectivity index (χ1) is 46.4. The molecule has 97 heavy (non-hydrogen) atoms. The first kappa shape index (κ1) is 72.7. The number of fused-ring (bicyclic) bond motifs is 2. The van der Waals surface area contributed by atoms with Crippen LogP contribution in [-0.2, 0) is 0 Å². The number of hydrogen-bond donors (Lipinski definition) is 4. The summed E-state index contributed by atoms with van der Waals surface area (Å²) in [6.45, 7) is 0. The van der Waals surface area contributed by atoms with E-state index in [1.54, 1.807) is 24.3 Å². The number of phenolic OH excluding ortho intramolecular Hbond substituents is 2. The zero-order valence-corrected chi connectivity index (χ0v) is 57.7. The van der Waals surface area contributed by atoms with Crippen LogP contribution in [0, 0.1) is 6.07 Å². The van der Waals surface area contributed by atoms with E-state index in [0.29, 0.717) is 46.6 Å². The average Bonchev–Trinajstić information content (AvgIpc) is 0.856. The van der Waals surface area contributed by atoms with Gasteiger partial charge in [-0.2, -0.15) is 81.3 Å². The molecule has 0 unspecified atom stereocenters. The normalized spacial score (nSPS) is 10.1. The fourth-order valence-corrected chi connectivity index (χ4v) is 9.78. The van der Waals surface area contributed by atoms with Crippen molar-refractivity contribution in [3.63, 3.8) is 0 Å². The van der Waals surface area contributed by atoms with Crippen molar-refractivity contribution in [1.29, 1.82) is 0 Å². The van der Waals surface area contributed by atoms with Gasteiger partial charge in [0.1, 0.15) is 11.5 Å². The molecule has 23 heteroatoms. The number of phenols is 2. The van der Waals surface area contributed by atoms with Crippen molar-refractivity contribution in [3.05, 3.63) is 318 Å². The van der Waals surface area contributed by atoms with Crippen LogP contribution in [0.4, 0.5) is 17.3 Å². The molecule has 0 aliphatic rings. The van der Waals surface area contributed by atoms with E-state index < -0.39 is 0 Å². The number of aromatic nitrogens is 12. The zero-order chi connectivity index (χ0) is 66.1. The number of nitrogens with zero attached hydrogens (tertiary/aromatic N) is 12. The van der Waals surface area contributed by atoms with Gasteiger partial charge in [0, 0.05) is 55.5 Å². The second-order valence-corrected chi connectivity index (χ2v) is 21.5. The molecule has 0 radical (unpaired) electrons. The standard InChI is InChI=1S/C25H18N4O.2C15H10ClN3.C10H9NO.C6H5.C3Cl3N3.BrH.Mg/c30-20-15-14-17-12-7-13-22(21(17)16-20)26-25-28-23(18-8-3-1-4-9-18)27-24(29-25)19-10-5-2-6-11-19;2*16-15-18-13(11-7-3-1-4-8-11)17-14(19-15)12-9-5-2-6-10-12;11-10-3-1-2-7-4-5-8(12)6-9(7)10;1-2-4-6-5-3-1;4-1-7-2(5)9-3(6)8-1;;/h1-16,30H,(H,26,27,28,29);2*1-10H;1-6,12H,11H2;1-5H;;1H;/q;;;;-1;;;+2/p-1. The fraction of sp³-hybridized carbons (Fsp3) is 0. The smallest absolute Gasteiger partial charge is 1.00 e. The number of nitrogen functional groups attached to an aromatic ring is 1. The number of benzene rings is 11. The topological polar surface area (TPSA) is 233 Å². The number of aromatic hydroxyl groups is 2. The van der Waals surface area contributed by atoms with Crippen molar-refractivity contribution in [2.24, 2.45) is 0 Å². The number of anilines is 3. The van der Waals surface area contributed by atoms with E-state index >= 15 is 0 Å². The summed E-state index contributed by atoms with van der Waals surface area (Å²) in [6.07, 6.45) is 0. The molecular formula is C74H52BrCl5MgN14O2. The van der Waals surface area contributed by atoms with Gasteiger partial charge >= 0.3 is 23.1 Å². The van der Waals surface area contributed by atoms with Gasteiger partial charge in [-0.3, -0.25) is 0 Å². The molecule has 0 amide bonds. The average molecular weight is 1450 g/mol. The number of rotatable bonds is 8. The minimum Gasteiger partial charge on any atom is -1.00 e. The Kier molecular flexibility index (Phi) is 27.9. The molecule has 5 N–H and O–H groups in total. The van der Waals surface area contributed by atoms with E-state index in [-0.39, 0.29) is 78.0 Å². The molecule has 11 aromatic carbocycles. The second kappa shape index (κ2) is 37.2. The predicted octanol–water partition coefficient (Wildman–Crippen LogP) is 15.6. The molecule has 4 aromatic heterocycles. The van der Waals surface area contributed by atoms with Crippen LogP contribution in [0.2, 0.25) is 26.4 Å². The molecule has 0 bridgehead atoms. The van der Waals surface area contributed by atoms with Gasteiger partial charge in [-0.25, -0.2) is 15.0 Å². The van der Waals surface area contributed by atoms with Crippen LogP contribution in [0.1, 0.15) is 0 Å². The van der Waals surface area contributed by atoms with E-state index in [1.807, 2.05) is 261 Å². The van der Waals surface area contributed by atoms with Crippen LogP contribution < -0.4 is 28.0 Å². The van der Waals surface area contributed by atoms with E-state index in [0.717, 1.165) is 60.6 Å². The molecule has 0 atom stereocenters. The van der Waals surface area contributed by atoms with E-state index in [1.165, 1.54) is 0 Å². The number of hydrogen-bond acceptors (Lipinski definition) is 16. The van der Waals surface area contributed by atoms with Gasteiger partial charge in [-0.05, 0) is 105 Å². The Hall–Kier alpha value is -10.1. The molecule has 0 fully saturated rings. The summed E-state index contributed by atoms with van der Waals surface area (Å²) >= 11 is 27.9. The molecule has 15 aromatic rings. The van der Waals surface area contributed by atoms with Gasteiger partial charge in [0.2, 0.25) is 32.4 Å². The maximum Gasteiger partial charge on any atom is 2.00 e. The van der Waals surface area contributed by atoms with Crippen molar-refractivity contribution >= 4 is 120 Å². The van der Waals surface area contributed by atoms with Crippen LogP contribution in [0.25, 0.3) is 89.9 Å². The SMILES string of the molecule is Clc1nc(-c2ccccc2)nc(-c2ccccc2)n1.Clc1nc(-c2ccccc2)nc(-c2ccccc2)n1.Clc1nc(Cl)nc(Cl)n1.Nc1cccc2ccc(O)cc12.Oc1ccc2cccc(Nc3nc(-c4ccccc4)nc(-c4ccccc4)n3)c2c1.[Br-].[Mg+2].[c-]1ccccc1. The van der Waals surface area contributed by atoms with Crippen LogP contribution in [-0.4, -0.2) is 93.1 Å². The zero-order valence-electron chi connectivity index (χ0n) is 50.9. The van der Waals surface area contributed by atoms with Crippen molar-refractivity contribution in [1.82, 2.24) is 59.8 Å². The monoisotopic (exact) mass is 1450 g/mol. The van der Waals surface area contributed by atoms with Gasteiger partial charge in [0.05, 0.1) is 0 Å². The molecule has 0 aliphatic heterocycles. The molecule has 0 saturated carbocycles. The van der Waals surface area contributed by atoms with E-state index in [2.05, 4.69) is 71.2 Å². The predicted molar refractivity (Wildman–Crippen MR) is 387 cm³/mol. The Labute approximate surface area is 610 Å². The third kappa shape index (κ3) is 22.0. The van der Waals surface area contributed by atoms with E-state index in [4.69, 9.17) is 63.7 Å². The Morgan fingerprint density at radius 2 is 0.588 bits per heavy atom. The quantitative estimate of drug-likeness (QED) is 0.0629. The van der Waals surface area contributed by atoms with Gasteiger partial charge in [0.15, 0.2) is 34.9 Å². The molecule has 15 rings (SSSR count). The molecule has 474 valence electrons. The minimum absolute atomic E-state index is 0. The van der Waals surface area contributed by atoms with Gasteiger partial charge in [0.25, 0.3) is 0 Å².